The zero-order valence-electron chi connectivity index (χ0n) is 15.1. The molecule has 0 bridgehead atoms. The van der Waals surface area contributed by atoms with Crippen LogP contribution >= 0.6 is 0 Å². The molecule has 0 spiro atoms. The number of hydrogen-bond acceptors (Lipinski definition) is 4. The SMILES string of the molecule is O=C(Nc1ccccc1Oc1ccc(C(=O)O)c(C(=O)O)c1)c1ccc(F)c(F)c1. The van der Waals surface area contributed by atoms with Gasteiger partial charge in [0.25, 0.3) is 5.91 Å². The molecule has 0 saturated carbocycles. The van der Waals surface area contributed by atoms with Gasteiger partial charge in [0, 0.05) is 5.56 Å². The summed E-state index contributed by atoms with van der Waals surface area (Å²) in [4.78, 5) is 34.8. The van der Waals surface area contributed by atoms with E-state index < -0.39 is 40.6 Å². The number of rotatable bonds is 6. The van der Waals surface area contributed by atoms with Gasteiger partial charge in [-0.25, -0.2) is 18.4 Å². The highest BCUT2D eigenvalue weighted by molar-refractivity contribution is 6.05. The van der Waals surface area contributed by atoms with Gasteiger partial charge in [-0.1, -0.05) is 12.1 Å². The van der Waals surface area contributed by atoms with Crippen LogP contribution in [0, 0.1) is 11.6 Å². The van der Waals surface area contributed by atoms with Crippen LogP contribution in [0.2, 0.25) is 0 Å². The molecule has 0 heterocycles. The molecule has 30 heavy (non-hydrogen) atoms. The van der Waals surface area contributed by atoms with E-state index in [1.807, 2.05) is 0 Å². The summed E-state index contributed by atoms with van der Waals surface area (Å²) in [5, 5.41) is 20.8. The number of carboxylic acid groups (broad SMARTS) is 2. The number of amides is 1. The standard InChI is InChI=1S/C21H13F2NO6/c22-15-8-5-11(9-16(15)23)19(25)24-17-3-1-2-4-18(17)30-12-6-7-13(20(26)27)14(10-12)21(28)29/h1-10H,(H,24,25)(H,26,27)(H,28,29). The minimum absolute atomic E-state index is 0.0203. The Morgan fingerprint density at radius 3 is 2.17 bits per heavy atom. The van der Waals surface area contributed by atoms with E-state index in [0.717, 1.165) is 30.3 Å². The molecule has 1 amide bonds. The van der Waals surface area contributed by atoms with E-state index in [-0.39, 0.29) is 22.7 Å². The number of aromatic carboxylic acids is 2. The molecule has 0 saturated heterocycles. The number of ether oxygens (including phenoxy) is 1. The van der Waals surface area contributed by atoms with Crippen molar-refractivity contribution in [2.45, 2.75) is 0 Å². The molecule has 0 fully saturated rings. The molecule has 0 radical (unpaired) electrons. The molecule has 3 rings (SSSR count). The van der Waals surface area contributed by atoms with Crippen molar-refractivity contribution >= 4 is 23.5 Å². The summed E-state index contributed by atoms with van der Waals surface area (Å²) in [7, 11) is 0. The van der Waals surface area contributed by atoms with Gasteiger partial charge in [-0.05, 0) is 48.5 Å². The Morgan fingerprint density at radius 1 is 0.800 bits per heavy atom. The number of para-hydroxylation sites is 2. The molecule has 3 aromatic rings. The quantitative estimate of drug-likeness (QED) is 0.552. The summed E-state index contributed by atoms with van der Waals surface area (Å²) in [6.45, 7) is 0. The lowest BCUT2D eigenvalue weighted by Crippen LogP contribution is -2.13. The predicted octanol–water partition coefficient (Wildman–Crippen LogP) is 4.41. The van der Waals surface area contributed by atoms with Crippen LogP contribution in [0.4, 0.5) is 14.5 Å². The van der Waals surface area contributed by atoms with Crippen molar-refractivity contribution in [3.8, 4) is 11.5 Å². The zero-order chi connectivity index (χ0) is 21.8. The van der Waals surface area contributed by atoms with Gasteiger partial charge < -0.3 is 20.3 Å². The van der Waals surface area contributed by atoms with Crippen LogP contribution in [0.25, 0.3) is 0 Å². The Balaban J connectivity index is 1.88. The van der Waals surface area contributed by atoms with Crippen molar-refractivity contribution in [1.82, 2.24) is 0 Å². The van der Waals surface area contributed by atoms with Crippen molar-refractivity contribution in [2.24, 2.45) is 0 Å². The Hall–Kier alpha value is -4.27. The van der Waals surface area contributed by atoms with Gasteiger partial charge in [0.05, 0.1) is 16.8 Å². The number of carboxylic acids is 2. The van der Waals surface area contributed by atoms with Gasteiger partial charge in [0.15, 0.2) is 17.4 Å². The van der Waals surface area contributed by atoms with Crippen LogP contribution in [0.5, 0.6) is 11.5 Å². The van der Waals surface area contributed by atoms with E-state index in [0.29, 0.717) is 0 Å². The Labute approximate surface area is 168 Å². The monoisotopic (exact) mass is 413 g/mol. The molecule has 7 nitrogen and oxygen atoms in total. The summed E-state index contributed by atoms with van der Waals surface area (Å²) >= 11 is 0. The van der Waals surface area contributed by atoms with E-state index in [1.54, 1.807) is 12.1 Å². The third kappa shape index (κ3) is 4.41. The van der Waals surface area contributed by atoms with E-state index >= 15 is 0 Å². The molecule has 3 N–H and O–H groups in total. The van der Waals surface area contributed by atoms with Crippen molar-refractivity contribution in [1.29, 1.82) is 0 Å². The number of carbonyl (C=O) groups is 3. The lowest BCUT2D eigenvalue weighted by molar-refractivity contribution is 0.0651. The summed E-state index contributed by atoms with van der Waals surface area (Å²) in [6, 6.07) is 12.2. The number of nitrogens with one attached hydrogen (secondary N) is 1. The average Bonchev–Trinajstić information content (AvgIpc) is 2.71. The van der Waals surface area contributed by atoms with Gasteiger partial charge >= 0.3 is 11.9 Å². The van der Waals surface area contributed by atoms with Crippen LogP contribution in [0.1, 0.15) is 31.1 Å². The van der Waals surface area contributed by atoms with Crippen molar-refractivity contribution in [2.75, 3.05) is 5.32 Å². The van der Waals surface area contributed by atoms with E-state index in [1.165, 1.54) is 18.2 Å². The van der Waals surface area contributed by atoms with Gasteiger partial charge in [0.1, 0.15) is 5.75 Å². The van der Waals surface area contributed by atoms with Crippen LogP contribution < -0.4 is 10.1 Å². The summed E-state index contributed by atoms with van der Waals surface area (Å²) in [5.41, 5.74) is -0.827. The van der Waals surface area contributed by atoms with Crippen molar-refractivity contribution < 1.29 is 38.1 Å². The number of benzene rings is 3. The minimum Gasteiger partial charge on any atom is -0.478 e. The molecule has 152 valence electrons. The lowest BCUT2D eigenvalue weighted by Gasteiger charge is -2.13. The summed E-state index contributed by atoms with van der Waals surface area (Å²) in [5.74, 6) is -5.70. The smallest absolute Gasteiger partial charge is 0.336 e. The largest absolute Gasteiger partial charge is 0.478 e. The molecule has 0 aliphatic carbocycles. The number of hydrogen-bond donors (Lipinski definition) is 3. The molecule has 9 heteroatoms. The third-order valence-corrected chi connectivity index (χ3v) is 4.00. The van der Waals surface area contributed by atoms with Crippen LogP contribution in [-0.4, -0.2) is 28.1 Å². The maximum absolute atomic E-state index is 13.4. The van der Waals surface area contributed by atoms with Crippen LogP contribution in [0.15, 0.2) is 60.7 Å². The van der Waals surface area contributed by atoms with E-state index in [9.17, 15) is 28.3 Å². The van der Waals surface area contributed by atoms with Gasteiger partial charge in [0.2, 0.25) is 0 Å². The second kappa shape index (κ2) is 8.39. The predicted molar refractivity (Wildman–Crippen MR) is 101 cm³/mol. The highest BCUT2D eigenvalue weighted by atomic mass is 19.2. The maximum atomic E-state index is 13.4. The second-order valence-electron chi connectivity index (χ2n) is 6.00. The molecule has 0 aliphatic rings. The van der Waals surface area contributed by atoms with Crippen molar-refractivity contribution in [3.05, 3.63) is 89.0 Å². The first-order valence-corrected chi connectivity index (χ1v) is 8.40. The van der Waals surface area contributed by atoms with Crippen molar-refractivity contribution in [3.63, 3.8) is 0 Å². The van der Waals surface area contributed by atoms with Gasteiger partial charge in [-0.3, -0.25) is 4.79 Å². The fourth-order valence-electron chi connectivity index (χ4n) is 2.57. The van der Waals surface area contributed by atoms with Gasteiger partial charge in [-0.2, -0.15) is 0 Å². The summed E-state index contributed by atoms with van der Waals surface area (Å²) < 4.78 is 32.0. The number of halogens is 2. The molecule has 0 unspecified atom stereocenters. The minimum atomic E-state index is -1.45. The zero-order valence-corrected chi connectivity index (χ0v) is 15.1. The lowest BCUT2D eigenvalue weighted by atomic mass is 10.1. The van der Waals surface area contributed by atoms with Crippen LogP contribution in [-0.2, 0) is 0 Å². The first-order valence-electron chi connectivity index (χ1n) is 8.40. The first kappa shape index (κ1) is 20.5. The Bertz CT molecular complexity index is 1160. The molecule has 0 aliphatic heterocycles. The fraction of sp³-hybridized carbons (Fsp3) is 0. The average molecular weight is 413 g/mol. The highest BCUT2D eigenvalue weighted by Crippen LogP contribution is 2.31. The molecule has 0 aromatic heterocycles. The Kier molecular flexibility index (Phi) is 5.73. The summed E-state index contributed by atoms with van der Waals surface area (Å²) in [6.07, 6.45) is 0. The fourth-order valence-corrected chi connectivity index (χ4v) is 2.57. The van der Waals surface area contributed by atoms with Crippen LogP contribution in [0.3, 0.4) is 0 Å². The number of anilines is 1. The van der Waals surface area contributed by atoms with E-state index in [4.69, 9.17) is 9.84 Å². The Morgan fingerprint density at radius 2 is 1.50 bits per heavy atom. The maximum Gasteiger partial charge on any atom is 0.336 e. The second-order valence-corrected chi connectivity index (χ2v) is 6.00. The first-order chi connectivity index (χ1) is 14.3. The molecule has 0 atom stereocenters. The highest BCUT2D eigenvalue weighted by Gasteiger charge is 2.18. The topological polar surface area (TPSA) is 113 Å². The molecule has 3 aromatic carbocycles. The normalized spacial score (nSPS) is 10.3. The van der Waals surface area contributed by atoms with E-state index in [2.05, 4.69) is 5.32 Å². The molecular weight excluding hydrogens is 400 g/mol. The number of carbonyl (C=O) groups excluding carboxylic acids is 1. The molecular formula is C21H13F2NO6. The third-order valence-electron chi connectivity index (χ3n) is 4.00. The van der Waals surface area contributed by atoms with Gasteiger partial charge in [-0.15, -0.1) is 0 Å².